The van der Waals surface area contributed by atoms with Crippen molar-refractivity contribution in [2.75, 3.05) is 19.8 Å². The second-order valence-corrected chi connectivity index (χ2v) is 3.78. The van der Waals surface area contributed by atoms with Crippen LogP contribution in [0.25, 0.3) is 0 Å². The summed E-state index contributed by atoms with van der Waals surface area (Å²) < 4.78 is 11.2. The van der Waals surface area contributed by atoms with Crippen LogP contribution in [0.1, 0.15) is 25.8 Å². The summed E-state index contributed by atoms with van der Waals surface area (Å²) in [6.45, 7) is 5.63. The van der Waals surface area contributed by atoms with Crippen LogP contribution in [0.5, 0.6) is 11.5 Å². The van der Waals surface area contributed by atoms with E-state index in [-0.39, 0.29) is 0 Å². The summed E-state index contributed by atoms with van der Waals surface area (Å²) in [5.41, 5.74) is 6.72. The summed E-state index contributed by atoms with van der Waals surface area (Å²) in [6, 6.07) is 5.96. The van der Waals surface area contributed by atoms with Crippen LogP contribution in [0.15, 0.2) is 18.2 Å². The van der Waals surface area contributed by atoms with Crippen molar-refractivity contribution in [2.45, 2.75) is 26.7 Å². The van der Waals surface area contributed by atoms with Gasteiger partial charge in [0.05, 0.1) is 13.2 Å². The van der Waals surface area contributed by atoms with Crippen LogP contribution in [-0.2, 0) is 6.42 Å². The first-order valence-electron chi connectivity index (χ1n) is 6.30. The van der Waals surface area contributed by atoms with E-state index in [0.29, 0.717) is 19.8 Å². The van der Waals surface area contributed by atoms with Crippen LogP contribution in [0.3, 0.4) is 0 Å². The zero-order valence-electron chi connectivity index (χ0n) is 11.2. The van der Waals surface area contributed by atoms with Crippen LogP contribution in [-0.4, -0.2) is 19.8 Å². The average Bonchev–Trinajstić information content (AvgIpc) is 2.37. The lowest BCUT2D eigenvalue weighted by molar-refractivity contribution is 0.281. The predicted octanol–water partition coefficient (Wildman–Crippen LogP) is 2.38. The molecule has 0 bridgehead atoms. The smallest absolute Gasteiger partial charge is 0.161 e. The van der Waals surface area contributed by atoms with Crippen molar-refractivity contribution in [3.8, 4) is 23.3 Å². The van der Waals surface area contributed by atoms with Gasteiger partial charge in [0, 0.05) is 6.42 Å². The highest BCUT2D eigenvalue weighted by Crippen LogP contribution is 2.28. The molecule has 0 spiro atoms. The fourth-order valence-corrected chi connectivity index (χ4v) is 1.60. The van der Waals surface area contributed by atoms with Crippen molar-refractivity contribution >= 4 is 0 Å². The molecule has 18 heavy (non-hydrogen) atoms. The standard InChI is InChI=1S/C15H21NO2/c1-3-5-6-11-18-14-8-7-13(9-10-16)12-15(14)17-4-2/h7-8,12H,4,6,9-11,16H2,1-2H3. The number of ether oxygens (including phenoxy) is 2. The highest BCUT2D eigenvalue weighted by molar-refractivity contribution is 5.43. The molecule has 0 saturated carbocycles. The van der Waals surface area contributed by atoms with E-state index in [9.17, 15) is 0 Å². The maximum absolute atomic E-state index is 5.67. The van der Waals surface area contributed by atoms with Gasteiger partial charge in [-0.1, -0.05) is 6.07 Å². The Balaban J connectivity index is 2.71. The number of benzene rings is 1. The van der Waals surface area contributed by atoms with Gasteiger partial charge in [0.25, 0.3) is 0 Å². The minimum Gasteiger partial charge on any atom is -0.490 e. The first-order valence-corrected chi connectivity index (χ1v) is 6.30. The van der Waals surface area contributed by atoms with Gasteiger partial charge in [-0.2, -0.15) is 0 Å². The molecular formula is C15H21NO2. The molecule has 2 N–H and O–H groups in total. The van der Waals surface area contributed by atoms with Gasteiger partial charge in [-0.25, -0.2) is 0 Å². The van der Waals surface area contributed by atoms with Gasteiger partial charge in [0.1, 0.15) is 0 Å². The lowest BCUT2D eigenvalue weighted by atomic mass is 10.1. The molecule has 0 radical (unpaired) electrons. The molecule has 0 aliphatic rings. The van der Waals surface area contributed by atoms with Crippen molar-refractivity contribution in [3.05, 3.63) is 23.8 Å². The molecule has 3 heteroatoms. The summed E-state index contributed by atoms with van der Waals surface area (Å²) in [5, 5.41) is 0. The van der Waals surface area contributed by atoms with Crippen molar-refractivity contribution in [1.82, 2.24) is 0 Å². The van der Waals surface area contributed by atoms with E-state index >= 15 is 0 Å². The van der Waals surface area contributed by atoms with Gasteiger partial charge in [-0.3, -0.25) is 0 Å². The van der Waals surface area contributed by atoms with E-state index in [0.717, 1.165) is 24.3 Å². The zero-order chi connectivity index (χ0) is 13.2. The van der Waals surface area contributed by atoms with Crippen LogP contribution in [0.2, 0.25) is 0 Å². The first-order chi connectivity index (χ1) is 8.81. The molecule has 0 amide bonds. The molecule has 0 heterocycles. The number of nitrogens with two attached hydrogens (primary N) is 1. The molecule has 0 aromatic heterocycles. The normalized spacial score (nSPS) is 9.50. The molecule has 98 valence electrons. The molecule has 1 aromatic rings. The zero-order valence-corrected chi connectivity index (χ0v) is 11.2. The van der Waals surface area contributed by atoms with Crippen molar-refractivity contribution in [3.63, 3.8) is 0 Å². The quantitative estimate of drug-likeness (QED) is 0.594. The monoisotopic (exact) mass is 247 g/mol. The van der Waals surface area contributed by atoms with Crippen LogP contribution in [0.4, 0.5) is 0 Å². The van der Waals surface area contributed by atoms with Gasteiger partial charge in [-0.15, -0.1) is 11.8 Å². The summed E-state index contributed by atoms with van der Waals surface area (Å²) >= 11 is 0. The van der Waals surface area contributed by atoms with Gasteiger partial charge in [0.15, 0.2) is 11.5 Å². The summed E-state index contributed by atoms with van der Waals surface area (Å²) in [7, 11) is 0. The topological polar surface area (TPSA) is 44.5 Å². The van der Waals surface area contributed by atoms with Crippen LogP contribution in [0, 0.1) is 11.8 Å². The molecule has 0 fully saturated rings. The van der Waals surface area contributed by atoms with Crippen molar-refractivity contribution in [2.24, 2.45) is 5.73 Å². The minimum absolute atomic E-state index is 0.581. The fourth-order valence-electron chi connectivity index (χ4n) is 1.60. The van der Waals surface area contributed by atoms with Gasteiger partial charge >= 0.3 is 0 Å². The Hall–Kier alpha value is -1.66. The van der Waals surface area contributed by atoms with Crippen LogP contribution >= 0.6 is 0 Å². The third-order valence-corrected chi connectivity index (χ3v) is 2.40. The van der Waals surface area contributed by atoms with E-state index < -0.39 is 0 Å². The third kappa shape index (κ3) is 4.68. The van der Waals surface area contributed by atoms with Gasteiger partial charge in [0.2, 0.25) is 0 Å². The predicted molar refractivity (Wildman–Crippen MR) is 73.9 cm³/mol. The number of hydrogen-bond acceptors (Lipinski definition) is 3. The third-order valence-electron chi connectivity index (χ3n) is 2.40. The molecule has 0 unspecified atom stereocenters. The van der Waals surface area contributed by atoms with E-state index in [1.807, 2.05) is 32.0 Å². The van der Waals surface area contributed by atoms with Crippen molar-refractivity contribution in [1.29, 1.82) is 0 Å². The Bertz CT molecular complexity index is 418. The molecule has 1 rings (SSSR count). The van der Waals surface area contributed by atoms with E-state index in [2.05, 4.69) is 11.8 Å². The van der Waals surface area contributed by atoms with Gasteiger partial charge in [-0.05, 0) is 44.5 Å². The molecule has 3 nitrogen and oxygen atoms in total. The Morgan fingerprint density at radius 3 is 2.72 bits per heavy atom. The second-order valence-electron chi connectivity index (χ2n) is 3.78. The summed E-state index contributed by atoms with van der Waals surface area (Å²) in [6.07, 6.45) is 1.58. The molecule has 1 aromatic carbocycles. The minimum atomic E-state index is 0.581. The largest absolute Gasteiger partial charge is 0.490 e. The first kappa shape index (κ1) is 14.4. The Morgan fingerprint density at radius 1 is 1.22 bits per heavy atom. The molecule has 0 aliphatic carbocycles. The average molecular weight is 247 g/mol. The maximum atomic E-state index is 5.67. The SMILES string of the molecule is CC#CCCOc1ccc(CCN)cc1OCC. The van der Waals surface area contributed by atoms with Crippen molar-refractivity contribution < 1.29 is 9.47 Å². The highest BCUT2D eigenvalue weighted by Gasteiger charge is 2.05. The highest BCUT2D eigenvalue weighted by atomic mass is 16.5. The Kier molecular flexibility index (Phi) is 6.75. The molecular weight excluding hydrogens is 226 g/mol. The molecule has 0 aliphatic heterocycles. The fraction of sp³-hybridized carbons (Fsp3) is 0.467. The van der Waals surface area contributed by atoms with E-state index in [4.69, 9.17) is 15.2 Å². The van der Waals surface area contributed by atoms with E-state index in [1.165, 1.54) is 5.56 Å². The second kappa shape index (κ2) is 8.43. The molecule has 0 saturated heterocycles. The Labute approximate surface area is 109 Å². The summed E-state index contributed by atoms with van der Waals surface area (Å²) in [5.74, 6) is 7.37. The Morgan fingerprint density at radius 2 is 2.06 bits per heavy atom. The lowest BCUT2D eigenvalue weighted by Gasteiger charge is -2.12. The summed E-state index contributed by atoms with van der Waals surface area (Å²) in [4.78, 5) is 0. The number of hydrogen-bond donors (Lipinski definition) is 1. The maximum Gasteiger partial charge on any atom is 0.161 e. The van der Waals surface area contributed by atoms with E-state index in [1.54, 1.807) is 0 Å². The van der Waals surface area contributed by atoms with Gasteiger partial charge < -0.3 is 15.2 Å². The molecule has 0 atom stereocenters. The number of rotatable bonds is 7. The van der Waals surface area contributed by atoms with Crippen LogP contribution < -0.4 is 15.2 Å². The lowest BCUT2D eigenvalue weighted by Crippen LogP contribution is -2.04.